The van der Waals surface area contributed by atoms with Crippen molar-refractivity contribution in [1.29, 1.82) is 0 Å². The molecule has 138 valence electrons. The molecule has 0 saturated heterocycles. The van der Waals surface area contributed by atoms with Crippen LogP contribution in [0, 0.1) is 6.92 Å². The second-order valence-electron chi connectivity index (χ2n) is 5.38. The van der Waals surface area contributed by atoms with Crippen molar-refractivity contribution in [3.8, 4) is 23.0 Å². The van der Waals surface area contributed by atoms with E-state index in [2.05, 4.69) is 0 Å². The van der Waals surface area contributed by atoms with Gasteiger partial charge in [0, 0.05) is 0 Å². The van der Waals surface area contributed by atoms with Gasteiger partial charge >= 0.3 is 5.97 Å². The van der Waals surface area contributed by atoms with Gasteiger partial charge in [-0.3, -0.25) is 4.79 Å². The first-order chi connectivity index (χ1) is 12.4. The van der Waals surface area contributed by atoms with Crippen molar-refractivity contribution in [1.82, 2.24) is 0 Å². The number of carbonyl (C=O) groups excluding carboxylic acids is 1. The zero-order valence-corrected chi connectivity index (χ0v) is 15.2. The highest BCUT2D eigenvalue weighted by Crippen LogP contribution is 2.36. The maximum Gasteiger partial charge on any atom is 0.340 e. The van der Waals surface area contributed by atoms with Crippen molar-refractivity contribution in [2.45, 2.75) is 6.92 Å². The number of carbonyl (C=O) groups is 2. The molecule has 26 heavy (non-hydrogen) atoms. The zero-order valence-electron chi connectivity index (χ0n) is 15.2. The van der Waals surface area contributed by atoms with Gasteiger partial charge in [0.25, 0.3) is 0 Å². The summed E-state index contributed by atoms with van der Waals surface area (Å²) in [4.78, 5) is 25.0. The van der Waals surface area contributed by atoms with Gasteiger partial charge in [-0.1, -0.05) is 0 Å². The van der Waals surface area contributed by atoms with Gasteiger partial charge in [-0.2, -0.15) is 0 Å². The maximum absolute atomic E-state index is 13.2. The standard InChI is InChI=1S/C19H20O7/c1-10-8-15(26-5)11(9-14(10)25-4)18(20)16-12(23-2)6-7-13(24-3)17(16)19(21)22/h6-9H,1-5H3,(H,21,22). The highest BCUT2D eigenvalue weighted by atomic mass is 16.5. The number of carboxylic acids is 1. The summed E-state index contributed by atoms with van der Waals surface area (Å²) >= 11 is 0. The first-order valence-electron chi connectivity index (χ1n) is 7.65. The van der Waals surface area contributed by atoms with Crippen LogP contribution in [0.5, 0.6) is 23.0 Å². The number of aromatic carboxylic acids is 1. The van der Waals surface area contributed by atoms with Crippen LogP contribution >= 0.6 is 0 Å². The fourth-order valence-electron chi connectivity index (χ4n) is 2.70. The van der Waals surface area contributed by atoms with E-state index in [-0.39, 0.29) is 28.2 Å². The minimum absolute atomic E-state index is 0.0553. The van der Waals surface area contributed by atoms with E-state index in [0.717, 1.165) is 5.56 Å². The fraction of sp³-hybridized carbons (Fsp3) is 0.263. The van der Waals surface area contributed by atoms with Gasteiger partial charge in [-0.15, -0.1) is 0 Å². The SMILES string of the molecule is COc1cc(C(=O)c2c(OC)ccc(OC)c2C(=O)O)c(OC)cc1C. The van der Waals surface area contributed by atoms with Gasteiger partial charge < -0.3 is 24.1 Å². The summed E-state index contributed by atoms with van der Waals surface area (Å²) < 4.78 is 20.9. The molecule has 0 fully saturated rings. The first-order valence-corrected chi connectivity index (χ1v) is 7.65. The summed E-state index contributed by atoms with van der Waals surface area (Å²) in [7, 11) is 5.60. The van der Waals surface area contributed by atoms with Crippen LogP contribution in [0.1, 0.15) is 31.8 Å². The molecule has 0 saturated carbocycles. The van der Waals surface area contributed by atoms with Crippen molar-refractivity contribution in [3.05, 3.63) is 46.5 Å². The van der Waals surface area contributed by atoms with Crippen molar-refractivity contribution in [3.63, 3.8) is 0 Å². The third-order valence-corrected chi connectivity index (χ3v) is 3.97. The van der Waals surface area contributed by atoms with Crippen LogP contribution in [0.2, 0.25) is 0 Å². The topological polar surface area (TPSA) is 91.3 Å². The smallest absolute Gasteiger partial charge is 0.340 e. The minimum atomic E-state index is -1.30. The average molecular weight is 360 g/mol. The molecule has 0 aliphatic heterocycles. The Kier molecular flexibility index (Phi) is 5.71. The molecule has 0 radical (unpaired) electrons. The molecule has 1 N–H and O–H groups in total. The molecule has 2 aromatic carbocycles. The molecule has 0 bridgehead atoms. The lowest BCUT2D eigenvalue weighted by molar-refractivity contribution is 0.0688. The molecule has 7 heteroatoms. The number of methoxy groups -OCH3 is 4. The Labute approximate surface area is 151 Å². The van der Waals surface area contributed by atoms with E-state index >= 15 is 0 Å². The second-order valence-corrected chi connectivity index (χ2v) is 5.38. The quantitative estimate of drug-likeness (QED) is 0.759. The molecule has 0 heterocycles. The molecule has 0 unspecified atom stereocenters. The molecule has 0 atom stereocenters. The number of carboxylic acid groups (broad SMARTS) is 1. The van der Waals surface area contributed by atoms with Crippen LogP contribution in [0.25, 0.3) is 0 Å². The summed E-state index contributed by atoms with van der Waals surface area (Å²) in [6.45, 7) is 1.81. The first kappa shape index (κ1) is 19.1. The lowest BCUT2D eigenvalue weighted by Gasteiger charge is -2.16. The fourth-order valence-corrected chi connectivity index (χ4v) is 2.70. The van der Waals surface area contributed by atoms with Gasteiger partial charge in [-0.05, 0) is 36.8 Å². The highest BCUT2D eigenvalue weighted by molar-refractivity contribution is 6.18. The summed E-state index contributed by atoms with van der Waals surface area (Å²) in [6, 6.07) is 6.09. The Morgan fingerprint density at radius 2 is 1.27 bits per heavy atom. The Morgan fingerprint density at radius 1 is 0.769 bits per heavy atom. The van der Waals surface area contributed by atoms with E-state index in [4.69, 9.17) is 18.9 Å². The zero-order chi connectivity index (χ0) is 19.4. The van der Waals surface area contributed by atoms with Gasteiger partial charge in [0.2, 0.25) is 5.78 Å². The third-order valence-electron chi connectivity index (χ3n) is 3.97. The Morgan fingerprint density at radius 3 is 1.73 bits per heavy atom. The van der Waals surface area contributed by atoms with Crippen LogP contribution in [-0.2, 0) is 0 Å². The molecular formula is C19H20O7. The molecule has 0 aliphatic rings. The van der Waals surface area contributed by atoms with E-state index < -0.39 is 11.8 Å². The summed E-state index contributed by atoms with van der Waals surface area (Å²) in [6.07, 6.45) is 0. The van der Waals surface area contributed by atoms with E-state index in [9.17, 15) is 14.7 Å². The van der Waals surface area contributed by atoms with E-state index in [1.807, 2.05) is 6.92 Å². The molecule has 2 rings (SSSR count). The molecule has 0 spiro atoms. The predicted molar refractivity (Wildman–Crippen MR) is 94.2 cm³/mol. The van der Waals surface area contributed by atoms with Crippen LogP contribution in [0.15, 0.2) is 24.3 Å². The van der Waals surface area contributed by atoms with E-state index in [0.29, 0.717) is 11.5 Å². The Balaban J connectivity index is 2.80. The normalized spacial score (nSPS) is 10.2. The van der Waals surface area contributed by atoms with E-state index in [1.165, 1.54) is 46.6 Å². The number of rotatable bonds is 7. The van der Waals surface area contributed by atoms with Crippen molar-refractivity contribution < 1.29 is 33.6 Å². The number of benzene rings is 2. The van der Waals surface area contributed by atoms with E-state index in [1.54, 1.807) is 6.07 Å². The molecule has 2 aromatic rings. The van der Waals surface area contributed by atoms with Crippen LogP contribution < -0.4 is 18.9 Å². The molecule has 0 amide bonds. The van der Waals surface area contributed by atoms with Crippen LogP contribution in [-0.4, -0.2) is 45.3 Å². The predicted octanol–water partition coefficient (Wildman–Crippen LogP) is 2.96. The third kappa shape index (κ3) is 3.28. The number of ketones is 1. The highest BCUT2D eigenvalue weighted by Gasteiger charge is 2.29. The molecular weight excluding hydrogens is 340 g/mol. The number of hydrogen-bond acceptors (Lipinski definition) is 6. The molecule has 0 aromatic heterocycles. The van der Waals surface area contributed by atoms with Crippen molar-refractivity contribution >= 4 is 11.8 Å². The number of hydrogen-bond donors (Lipinski definition) is 1. The maximum atomic E-state index is 13.2. The second kappa shape index (κ2) is 7.77. The van der Waals surface area contributed by atoms with Crippen LogP contribution in [0.4, 0.5) is 0 Å². The minimum Gasteiger partial charge on any atom is -0.496 e. The van der Waals surface area contributed by atoms with Crippen molar-refractivity contribution in [2.24, 2.45) is 0 Å². The Hall–Kier alpha value is -3.22. The van der Waals surface area contributed by atoms with Gasteiger partial charge in [0.1, 0.15) is 28.6 Å². The van der Waals surface area contributed by atoms with Gasteiger partial charge in [-0.25, -0.2) is 4.79 Å². The largest absolute Gasteiger partial charge is 0.496 e. The van der Waals surface area contributed by atoms with Crippen molar-refractivity contribution in [2.75, 3.05) is 28.4 Å². The lowest BCUT2D eigenvalue weighted by Crippen LogP contribution is -2.14. The summed E-state index contributed by atoms with van der Waals surface area (Å²) in [5, 5.41) is 9.62. The van der Waals surface area contributed by atoms with Gasteiger partial charge in [0.15, 0.2) is 0 Å². The summed E-state index contributed by atoms with van der Waals surface area (Å²) in [5.41, 5.74) is 0.531. The number of aryl methyl sites for hydroxylation is 1. The Bertz CT molecular complexity index is 855. The van der Waals surface area contributed by atoms with Crippen LogP contribution in [0.3, 0.4) is 0 Å². The lowest BCUT2D eigenvalue weighted by atomic mass is 9.95. The molecule has 7 nitrogen and oxygen atoms in total. The molecule has 0 aliphatic carbocycles. The monoisotopic (exact) mass is 360 g/mol. The summed E-state index contributed by atoms with van der Waals surface area (Å²) in [5.74, 6) is -0.924. The average Bonchev–Trinajstić information content (AvgIpc) is 2.65. The number of ether oxygens (including phenoxy) is 4. The van der Waals surface area contributed by atoms with Gasteiger partial charge in [0.05, 0.1) is 39.6 Å².